The summed E-state index contributed by atoms with van der Waals surface area (Å²) in [6.45, 7) is 10.4. The van der Waals surface area contributed by atoms with Crippen molar-refractivity contribution in [3.05, 3.63) is 20.8 Å². The van der Waals surface area contributed by atoms with Crippen LogP contribution in [0.1, 0.15) is 32.6 Å². The molecule has 0 bridgehead atoms. The van der Waals surface area contributed by atoms with Gasteiger partial charge in [0.25, 0.3) is 0 Å². The van der Waals surface area contributed by atoms with Crippen molar-refractivity contribution in [3.8, 4) is 0 Å². The third kappa shape index (κ3) is 3.84. The quantitative estimate of drug-likeness (QED) is 0.875. The molecule has 0 aromatic carbocycles. The summed E-state index contributed by atoms with van der Waals surface area (Å²) < 4.78 is 1.16. The highest BCUT2D eigenvalue weighted by molar-refractivity contribution is 9.10. The van der Waals surface area contributed by atoms with Crippen LogP contribution in [0.25, 0.3) is 0 Å². The second-order valence-electron chi connectivity index (χ2n) is 5.44. The molecule has 0 aliphatic carbocycles. The van der Waals surface area contributed by atoms with Crippen LogP contribution in [0.15, 0.2) is 15.9 Å². The molecule has 0 amide bonds. The van der Waals surface area contributed by atoms with Gasteiger partial charge in [0.1, 0.15) is 0 Å². The number of halogens is 1. The minimum Gasteiger partial charge on any atom is -0.325 e. The molecule has 0 aliphatic heterocycles. The molecule has 0 radical (unpaired) electrons. The number of thiophene rings is 1. The monoisotopic (exact) mass is 304 g/mol. The second kappa shape index (κ2) is 5.17. The third-order valence-electron chi connectivity index (χ3n) is 3.23. The van der Waals surface area contributed by atoms with Crippen LogP contribution in [0.2, 0.25) is 0 Å². The van der Waals surface area contributed by atoms with Gasteiger partial charge in [-0.3, -0.25) is 0 Å². The normalized spacial score (nSPS) is 13.1. The Morgan fingerprint density at radius 3 is 2.44 bits per heavy atom. The number of hydrogen-bond acceptors (Lipinski definition) is 3. The molecule has 1 aromatic rings. The first-order valence-corrected chi connectivity index (χ1v) is 7.12. The Kier molecular flexibility index (Phi) is 4.57. The molecular formula is C12H21BrN2S. The van der Waals surface area contributed by atoms with E-state index in [9.17, 15) is 0 Å². The van der Waals surface area contributed by atoms with Crippen molar-refractivity contribution in [3.63, 3.8) is 0 Å². The highest BCUT2D eigenvalue weighted by Crippen LogP contribution is 2.27. The zero-order valence-corrected chi connectivity index (χ0v) is 12.8. The van der Waals surface area contributed by atoms with Crippen LogP contribution >= 0.6 is 27.3 Å². The minimum absolute atomic E-state index is 0.0848. The average Bonchev–Trinajstić information content (AvgIpc) is 2.49. The van der Waals surface area contributed by atoms with Crippen molar-refractivity contribution >= 4 is 27.3 Å². The first-order valence-electron chi connectivity index (χ1n) is 5.45. The van der Waals surface area contributed by atoms with E-state index in [4.69, 9.17) is 5.73 Å². The van der Waals surface area contributed by atoms with Gasteiger partial charge in [-0.25, -0.2) is 0 Å². The average molecular weight is 305 g/mol. The van der Waals surface area contributed by atoms with E-state index in [-0.39, 0.29) is 11.0 Å². The summed E-state index contributed by atoms with van der Waals surface area (Å²) in [4.78, 5) is 1.34. The van der Waals surface area contributed by atoms with Gasteiger partial charge in [-0.1, -0.05) is 13.8 Å². The SMILES string of the molecule is CC(C)(N)C(C)(C)CNCc1cc(Br)cs1. The fourth-order valence-corrected chi connectivity index (χ4v) is 2.59. The molecule has 2 nitrogen and oxygen atoms in total. The van der Waals surface area contributed by atoms with E-state index in [1.807, 2.05) is 0 Å². The molecule has 0 unspecified atom stereocenters. The molecule has 0 saturated carbocycles. The van der Waals surface area contributed by atoms with Crippen LogP contribution < -0.4 is 11.1 Å². The van der Waals surface area contributed by atoms with E-state index in [1.165, 1.54) is 4.88 Å². The van der Waals surface area contributed by atoms with Gasteiger partial charge < -0.3 is 11.1 Å². The van der Waals surface area contributed by atoms with E-state index >= 15 is 0 Å². The van der Waals surface area contributed by atoms with E-state index in [2.05, 4.69) is 60.4 Å². The number of nitrogens with two attached hydrogens (primary N) is 1. The summed E-state index contributed by atoms with van der Waals surface area (Å²) >= 11 is 5.22. The molecule has 1 heterocycles. The third-order valence-corrected chi connectivity index (χ3v) is 4.93. The molecule has 0 spiro atoms. The lowest BCUT2D eigenvalue weighted by Gasteiger charge is -2.38. The Hall–Kier alpha value is 0.1000. The molecule has 0 aliphatic rings. The first-order chi connectivity index (χ1) is 7.22. The van der Waals surface area contributed by atoms with Gasteiger partial charge >= 0.3 is 0 Å². The molecule has 0 fully saturated rings. The smallest absolute Gasteiger partial charge is 0.0300 e. The highest BCUT2D eigenvalue weighted by atomic mass is 79.9. The van der Waals surface area contributed by atoms with Crippen LogP contribution in [-0.2, 0) is 6.54 Å². The zero-order chi connectivity index (χ0) is 12.4. The standard InChI is InChI=1S/C12H21BrN2S/c1-11(2,12(3,4)14)8-15-6-10-5-9(13)7-16-10/h5,7,15H,6,8,14H2,1-4H3. The van der Waals surface area contributed by atoms with Crippen molar-refractivity contribution in [2.75, 3.05) is 6.54 Å². The summed E-state index contributed by atoms with van der Waals surface area (Å²) in [6, 6.07) is 2.15. The molecule has 0 atom stereocenters. The summed E-state index contributed by atoms with van der Waals surface area (Å²) in [5.41, 5.74) is 6.07. The molecular weight excluding hydrogens is 284 g/mol. The van der Waals surface area contributed by atoms with Crippen molar-refractivity contribution in [1.29, 1.82) is 0 Å². The Bertz CT molecular complexity index is 339. The maximum atomic E-state index is 6.15. The fraction of sp³-hybridized carbons (Fsp3) is 0.667. The maximum Gasteiger partial charge on any atom is 0.0300 e. The van der Waals surface area contributed by atoms with Crippen LogP contribution in [0.4, 0.5) is 0 Å². The minimum atomic E-state index is -0.171. The Balaban J connectivity index is 2.41. The predicted octanol–water partition coefficient (Wildman–Crippen LogP) is 3.36. The summed E-state index contributed by atoms with van der Waals surface area (Å²) in [6.07, 6.45) is 0. The lowest BCUT2D eigenvalue weighted by Crippen LogP contribution is -2.52. The van der Waals surface area contributed by atoms with Gasteiger partial charge in [0.05, 0.1) is 0 Å². The number of hydrogen-bond donors (Lipinski definition) is 2. The summed E-state index contributed by atoms with van der Waals surface area (Å²) in [5, 5.41) is 5.58. The molecule has 1 rings (SSSR count). The summed E-state index contributed by atoms with van der Waals surface area (Å²) in [7, 11) is 0. The van der Waals surface area contributed by atoms with Gasteiger partial charge in [0, 0.05) is 33.4 Å². The molecule has 92 valence electrons. The second-order valence-corrected chi connectivity index (χ2v) is 7.35. The topological polar surface area (TPSA) is 38.0 Å². The maximum absolute atomic E-state index is 6.15. The van der Waals surface area contributed by atoms with Gasteiger partial charge in [-0.15, -0.1) is 11.3 Å². The van der Waals surface area contributed by atoms with E-state index in [0.29, 0.717) is 0 Å². The van der Waals surface area contributed by atoms with Crippen molar-refractivity contribution in [2.45, 2.75) is 39.8 Å². The van der Waals surface area contributed by atoms with E-state index in [0.717, 1.165) is 17.6 Å². The lowest BCUT2D eigenvalue weighted by atomic mass is 9.75. The largest absolute Gasteiger partial charge is 0.325 e. The first kappa shape index (κ1) is 14.2. The van der Waals surface area contributed by atoms with Crippen LogP contribution in [0.5, 0.6) is 0 Å². The van der Waals surface area contributed by atoms with Gasteiger partial charge in [0.2, 0.25) is 0 Å². The van der Waals surface area contributed by atoms with E-state index < -0.39 is 0 Å². The molecule has 16 heavy (non-hydrogen) atoms. The van der Waals surface area contributed by atoms with Crippen LogP contribution in [0.3, 0.4) is 0 Å². The zero-order valence-electron chi connectivity index (χ0n) is 10.4. The van der Waals surface area contributed by atoms with Gasteiger partial charge in [0.15, 0.2) is 0 Å². The van der Waals surface area contributed by atoms with Crippen molar-refractivity contribution < 1.29 is 0 Å². The Morgan fingerprint density at radius 2 is 2.00 bits per heavy atom. The molecule has 0 saturated heterocycles. The predicted molar refractivity (Wildman–Crippen MR) is 75.8 cm³/mol. The Morgan fingerprint density at radius 1 is 1.38 bits per heavy atom. The van der Waals surface area contributed by atoms with Crippen molar-refractivity contribution in [2.24, 2.45) is 11.1 Å². The molecule has 3 N–H and O–H groups in total. The fourth-order valence-electron chi connectivity index (χ4n) is 1.17. The number of nitrogens with one attached hydrogen (secondary N) is 1. The van der Waals surface area contributed by atoms with Crippen LogP contribution in [0, 0.1) is 5.41 Å². The lowest BCUT2D eigenvalue weighted by molar-refractivity contribution is 0.195. The molecule has 4 heteroatoms. The highest BCUT2D eigenvalue weighted by Gasteiger charge is 2.32. The Labute approximate surface area is 111 Å². The van der Waals surface area contributed by atoms with Gasteiger partial charge in [-0.05, 0) is 41.3 Å². The van der Waals surface area contributed by atoms with Crippen molar-refractivity contribution in [1.82, 2.24) is 5.32 Å². The molecule has 1 aromatic heterocycles. The summed E-state index contributed by atoms with van der Waals surface area (Å²) in [5.74, 6) is 0. The number of rotatable bonds is 5. The van der Waals surface area contributed by atoms with Gasteiger partial charge in [-0.2, -0.15) is 0 Å². The van der Waals surface area contributed by atoms with E-state index in [1.54, 1.807) is 11.3 Å². The van der Waals surface area contributed by atoms with Crippen LogP contribution in [-0.4, -0.2) is 12.1 Å².